The first-order chi connectivity index (χ1) is 7.40. The van der Waals surface area contributed by atoms with Crippen molar-refractivity contribution in [2.45, 2.75) is 33.6 Å². The van der Waals surface area contributed by atoms with Gasteiger partial charge in [0, 0.05) is 0 Å². The molecule has 0 saturated heterocycles. The van der Waals surface area contributed by atoms with E-state index in [0.717, 1.165) is 6.42 Å². The molecule has 15 heavy (non-hydrogen) atoms. The third-order valence-electron chi connectivity index (χ3n) is 2.54. The minimum absolute atomic E-state index is 1.14. The normalized spacial score (nSPS) is 13.8. The van der Waals surface area contributed by atoms with Gasteiger partial charge in [-0.2, -0.15) is 0 Å². The summed E-state index contributed by atoms with van der Waals surface area (Å²) < 4.78 is 0. The van der Waals surface area contributed by atoms with Crippen LogP contribution in [0.5, 0.6) is 0 Å². The Bertz CT molecular complexity index is 342. The third-order valence-corrected chi connectivity index (χ3v) is 2.54. The molecule has 0 radical (unpaired) electrons. The summed E-state index contributed by atoms with van der Waals surface area (Å²) in [6.45, 7) is 6.22. The van der Waals surface area contributed by atoms with Crippen molar-refractivity contribution >= 4 is 5.57 Å². The van der Waals surface area contributed by atoms with Gasteiger partial charge in [-0.25, -0.2) is 0 Å². The summed E-state index contributed by atoms with van der Waals surface area (Å²) in [5.74, 6) is 0. The summed E-state index contributed by atoms with van der Waals surface area (Å²) in [6, 6.07) is 10.6. The Labute approximate surface area is 93.3 Å². The van der Waals surface area contributed by atoms with Crippen molar-refractivity contribution in [3.63, 3.8) is 0 Å². The van der Waals surface area contributed by atoms with Crippen molar-refractivity contribution in [2.24, 2.45) is 0 Å². The molecule has 1 aliphatic rings. The van der Waals surface area contributed by atoms with Crippen LogP contribution in [0.3, 0.4) is 0 Å². The number of hydrogen-bond donors (Lipinski definition) is 0. The summed E-state index contributed by atoms with van der Waals surface area (Å²) in [7, 11) is 0. The molecule has 0 bridgehead atoms. The highest BCUT2D eigenvalue weighted by Crippen LogP contribution is 2.28. The van der Waals surface area contributed by atoms with Crippen molar-refractivity contribution in [3.05, 3.63) is 53.6 Å². The molecule has 80 valence electrons. The molecule has 0 aliphatic heterocycles. The number of hydrogen-bond acceptors (Lipinski definition) is 0. The van der Waals surface area contributed by atoms with Crippen LogP contribution in [-0.2, 0) is 0 Å². The highest BCUT2D eigenvalue weighted by atomic mass is 14.1. The van der Waals surface area contributed by atoms with E-state index in [0.29, 0.717) is 0 Å². The van der Waals surface area contributed by atoms with E-state index in [1.807, 2.05) is 13.8 Å². The van der Waals surface area contributed by atoms with Crippen LogP contribution in [-0.4, -0.2) is 0 Å². The molecule has 0 heterocycles. The molecule has 0 heteroatoms. The molecule has 2 rings (SSSR count). The second kappa shape index (κ2) is 6.23. The number of allylic oxidation sites excluding steroid dienone is 4. The topological polar surface area (TPSA) is 0 Å². The molecular formula is C15H20. The highest BCUT2D eigenvalue weighted by Gasteiger charge is 2.07. The first kappa shape index (κ1) is 11.8. The van der Waals surface area contributed by atoms with E-state index in [-0.39, 0.29) is 0 Å². The van der Waals surface area contributed by atoms with E-state index in [9.17, 15) is 0 Å². The maximum Gasteiger partial charge on any atom is -0.00582 e. The van der Waals surface area contributed by atoms with Crippen LogP contribution in [0.25, 0.3) is 5.57 Å². The van der Waals surface area contributed by atoms with Crippen molar-refractivity contribution in [1.29, 1.82) is 0 Å². The van der Waals surface area contributed by atoms with Crippen molar-refractivity contribution in [2.75, 3.05) is 0 Å². The van der Waals surface area contributed by atoms with Gasteiger partial charge in [-0.3, -0.25) is 0 Å². The molecule has 0 fully saturated rings. The van der Waals surface area contributed by atoms with Crippen LogP contribution in [0, 0.1) is 0 Å². The smallest absolute Gasteiger partial charge is 0.00582 e. The van der Waals surface area contributed by atoms with Gasteiger partial charge < -0.3 is 0 Å². The van der Waals surface area contributed by atoms with Crippen LogP contribution < -0.4 is 0 Å². The molecule has 0 N–H and O–H groups in total. The molecule has 0 spiro atoms. The van der Waals surface area contributed by atoms with E-state index in [4.69, 9.17) is 0 Å². The van der Waals surface area contributed by atoms with Crippen molar-refractivity contribution in [1.82, 2.24) is 0 Å². The fraction of sp³-hybridized carbons (Fsp3) is 0.333. The van der Waals surface area contributed by atoms with Gasteiger partial charge in [0.05, 0.1) is 0 Å². The highest BCUT2D eigenvalue weighted by molar-refractivity contribution is 5.72. The minimum Gasteiger partial charge on any atom is -0.0683 e. The van der Waals surface area contributed by atoms with E-state index < -0.39 is 0 Å². The molecule has 0 nitrogen and oxygen atoms in total. The Morgan fingerprint density at radius 2 is 1.67 bits per heavy atom. The standard InChI is InChI=1S/C13H14.C2H6/c1-2-11-8-9-13(10-11)12-6-4-3-5-7-12;1-2/h3-9H,2,10H2,1H3;1-2H3. The molecule has 1 aromatic rings. The van der Waals surface area contributed by atoms with Gasteiger partial charge in [-0.1, -0.05) is 68.8 Å². The average Bonchev–Trinajstić information content (AvgIpc) is 2.81. The summed E-state index contributed by atoms with van der Waals surface area (Å²) >= 11 is 0. The SMILES string of the molecule is CC.CCC1=CC=C(c2ccccc2)C1. The Morgan fingerprint density at radius 1 is 1.00 bits per heavy atom. The zero-order valence-corrected chi connectivity index (χ0v) is 9.96. The van der Waals surface area contributed by atoms with Crippen molar-refractivity contribution < 1.29 is 0 Å². The van der Waals surface area contributed by atoms with Crippen LogP contribution in [0.2, 0.25) is 0 Å². The van der Waals surface area contributed by atoms with Gasteiger partial charge >= 0.3 is 0 Å². The Hall–Kier alpha value is -1.30. The fourth-order valence-electron chi connectivity index (χ4n) is 1.67. The van der Waals surface area contributed by atoms with E-state index in [2.05, 4.69) is 49.4 Å². The zero-order valence-electron chi connectivity index (χ0n) is 9.96. The molecule has 0 saturated carbocycles. The van der Waals surface area contributed by atoms with Gasteiger partial charge in [0.2, 0.25) is 0 Å². The lowest BCUT2D eigenvalue weighted by Crippen LogP contribution is -1.81. The average molecular weight is 200 g/mol. The lowest BCUT2D eigenvalue weighted by Gasteiger charge is -2.02. The summed E-state index contributed by atoms with van der Waals surface area (Å²) in [5, 5.41) is 0. The molecule has 0 atom stereocenters. The number of rotatable bonds is 2. The summed E-state index contributed by atoms with van der Waals surface area (Å²) in [4.78, 5) is 0. The summed E-state index contributed by atoms with van der Waals surface area (Å²) in [5.41, 5.74) is 4.36. The van der Waals surface area contributed by atoms with E-state index in [1.165, 1.54) is 17.6 Å². The van der Waals surface area contributed by atoms with Gasteiger partial charge in [0.1, 0.15) is 0 Å². The third kappa shape index (κ3) is 3.09. The molecule has 0 amide bonds. The lowest BCUT2D eigenvalue weighted by atomic mass is 10.0. The minimum atomic E-state index is 1.14. The molecular weight excluding hydrogens is 180 g/mol. The van der Waals surface area contributed by atoms with Gasteiger partial charge in [0.25, 0.3) is 0 Å². The quantitative estimate of drug-likeness (QED) is 0.641. The van der Waals surface area contributed by atoms with Crippen molar-refractivity contribution in [3.8, 4) is 0 Å². The van der Waals surface area contributed by atoms with Crippen LogP contribution >= 0.6 is 0 Å². The Morgan fingerprint density at radius 3 is 2.20 bits per heavy atom. The summed E-state index contributed by atoms with van der Waals surface area (Å²) in [6.07, 6.45) is 6.81. The van der Waals surface area contributed by atoms with Crippen LogP contribution in [0.1, 0.15) is 39.2 Å². The van der Waals surface area contributed by atoms with E-state index >= 15 is 0 Å². The molecule has 0 unspecified atom stereocenters. The molecule has 1 aliphatic carbocycles. The van der Waals surface area contributed by atoms with Crippen LogP contribution in [0.4, 0.5) is 0 Å². The van der Waals surface area contributed by atoms with Crippen LogP contribution in [0.15, 0.2) is 48.1 Å². The zero-order chi connectivity index (χ0) is 11.1. The second-order valence-electron chi connectivity index (χ2n) is 3.41. The molecule has 1 aromatic carbocycles. The Balaban J connectivity index is 0.000000531. The maximum absolute atomic E-state index is 2.25. The van der Waals surface area contributed by atoms with E-state index in [1.54, 1.807) is 5.57 Å². The van der Waals surface area contributed by atoms with Gasteiger partial charge in [-0.05, 0) is 24.0 Å². The predicted molar refractivity (Wildman–Crippen MR) is 68.8 cm³/mol. The monoisotopic (exact) mass is 200 g/mol. The predicted octanol–water partition coefficient (Wildman–Crippen LogP) is 4.84. The lowest BCUT2D eigenvalue weighted by molar-refractivity contribution is 1.06. The second-order valence-corrected chi connectivity index (χ2v) is 3.41. The van der Waals surface area contributed by atoms with Gasteiger partial charge in [-0.15, -0.1) is 0 Å². The Kier molecular flexibility index (Phi) is 4.89. The first-order valence-corrected chi connectivity index (χ1v) is 5.84. The number of benzene rings is 1. The van der Waals surface area contributed by atoms with Gasteiger partial charge in [0.15, 0.2) is 0 Å². The maximum atomic E-state index is 2.25. The fourth-order valence-corrected chi connectivity index (χ4v) is 1.67. The largest absolute Gasteiger partial charge is 0.0683 e. The molecule has 0 aromatic heterocycles. The first-order valence-electron chi connectivity index (χ1n) is 5.84.